The van der Waals surface area contributed by atoms with Crippen molar-refractivity contribution in [2.75, 3.05) is 0 Å². The molecule has 2 saturated heterocycles. The molecule has 0 aromatic heterocycles. The van der Waals surface area contributed by atoms with Gasteiger partial charge in [0.05, 0.1) is 0 Å². The third kappa shape index (κ3) is 1.23. The zero-order chi connectivity index (χ0) is 10.2. The fourth-order valence-corrected chi connectivity index (χ4v) is 1.74. The number of carbonyl (C=O) groups excluding carboxylic acids is 2. The Morgan fingerprint density at radius 1 is 1.36 bits per heavy atom. The van der Waals surface area contributed by atoms with Gasteiger partial charge in [0.1, 0.15) is 12.8 Å². The van der Waals surface area contributed by atoms with Gasteiger partial charge in [0, 0.05) is 12.2 Å². The fraction of sp³-hybridized carbons (Fsp3) is 0.444. The number of fused-ring (bicyclic) bond motifs is 1. The van der Waals surface area contributed by atoms with E-state index in [0.29, 0.717) is 12.2 Å². The molecule has 0 spiro atoms. The average Bonchev–Trinajstić information content (AvgIpc) is 2.53. The van der Waals surface area contributed by atoms with Gasteiger partial charge in [-0.1, -0.05) is 6.92 Å². The van der Waals surface area contributed by atoms with E-state index in [2.05, 4.69) is 11.7 Å². The third-order valence-electron chi connectivity index (χ3n) is 2.34. The molecule has 0 radical (unpaired) electrons. The molecule has 72 valence electrons. The van der Waals surface area contributed by atoms with Crippen molar-refractivity contribution in [1.29, 1.82) is 0 Å². The van der Waals surface area contributed by atoms with Gasteiger partial charge in [-0.2, -0.15) is 5.82 Å². The third-order valence-corrected chi connectivity index (χ3v) is 2.34. The first kappa shape index (κ1) is 9.01. The van der Waals surface area contributed by atoms with E-state index in [1.165, 1.54) is 0 Å². The summed E-state index contributed by atoms with van der Waals surface area (Å²) < 4.78 is 10.0. The quantitative estimate of drug-likeness (QED) is 0.316. The van der Waals surface area contributed by atoms with Gasteiger partial charge in [-0.15, -0.1) is 5.92 Å². The molecule has 0 N–H and O–H groups in total. The van der Waals surface area contributed by atoms with Gasteiger partial charge in [-0.05, 0) is 0 Å². The second kappa shape index (κ2) is 2.98. The molecule has 0 aliphatic carbocycles. The first-order valence-electron chi connectivity index (χ1n) is 4.59. The van der Waals surface area contributed by atoms with E-state index in [9.17, 15) is 9.59 Å². The Morgan fingerprint density at radius 3 is 2.43 bits per heavy atom. The second-order valence-electron chi connectivity index (χ2n) is 3.38. The van der Waals surface area contributed by atoms with Crippen LogP contribution in [0.5, 0.6) is 0 Å². The predicted molar refractivity (Wildman–Crippen MR) is 48.5 cm³/mol. The Bertz CT molecular complexity index is 332. The molecule has 2 rings (SSSR count). The van der Waals surface area contributed by atoms with E-state index in [1.807, 2.05) is 6.92 Å². The maximum Gasteiger partial charge on any atom is 0.633 e. The minimum Gasteiger partial charge on any atom is -0.603 e. The molecule has 0 aromatic rings. The Morgan fingerprint density at radius 2 is 1.93 bits per heavy atom. The summed E-state index contributed by atoms with van der Waals surface area (Å²) in [4.78, 5) is 22.1. The SMILES string of the molecule is CCC#C[B-]12OC(=O)C[C+]1CC(=O)O2. The van der Waals surface area contributed by atoms with E-state index >= 15 is 0 Å². The molecule has 2 fully saturated rings. The lowest BCUT2D eigenvalue weighted by Crippen LogP contribution is -2.38. The molecule has 2 heterocycles. The molecular weight excluding hydrogens is 183 g/mol. The molecule has 0 atom stereocenters. The molecule has 4 nitrogen and oxygen atoms in total. The standard InChI is InChI=1S/C9H9BO4/c1-2-3-4-10-7(5-8(11)13-10)6-9(12)14-10/h2,5-6H2,1H3. The fourth-order valence-electron chi connectivity index (χ4n) is 1.74. The summed E-state index contributed by atoms with van der Waals surface area (Å²) >= 11 is 0. The summed E-state index contributed by atoms with van der Waals surface area (Å²) in [7, 11) is 0. The highest BCUT2D eigenvalue weighted by atomic mass is 16.7. The molecule has 0 amide bonds. The molecule has 0 unspecified atom stereocenters. The van der Waals surface area contributed by atoms with Gasteiger partial charge < -0.3 is 9.31 Å². The van der Waals surface area contributed by atoms with Crippen LogP contribution in [0.25, 0.3) is 0 Å². The maximum absolute atomic E-state index is 11.0. The average molecular weight is 192 g/mol. The lowest BCUT2D eigenvalue weighted by molar-refractivity contribution is -0.138. The van der Waals surface area contributed by atoms with Crippen molar-refractivity contribution in [3.63, 3.8) is 0 Å². The van der Waals surface area contributed by atoms with Crippen molar-refractivity contribution in [2.45, 2.75) is 26.2 Å². The van der Waals surface area contributed by atoms with Crippen molar-refractivity contribution in [1.82, 2.24) is 0 Å². The zero-order valence-electron chi connectivity index (χ0n) is 7.83. The van der Waals surface area contributed by atoms with Gasteiger partial charge in [0.25, 0.3) is 0 Å². The van der Waals surface area contributed by atoms with Gasteiger partial charge >= 0.3 is 18.5 Å². The molecule has 0 aromatic carbocycles. The molecule has 5 heteroatoms. The molecular formula is C9H9BO4. The Hall–Kier alpha value is -1.57. The van der Waals surface area contributed by atoms with Crippen LogP contribution in [0.3, 0.4) is 0 Å². The van der Waals surface area contributed by atoms with Gasteiger partial charge in [0.2, 0.25) is 0 Å². The van der Waals surface area contributed by atoms with Gasteiger partial charge in [0.15, 0.2) is 0 Å². The summed E-state index contributed by atoms with van der Waals surface area (Å²) in [5, 5.41) is 0. The van der Waals surface area contributed by atoms with Crippen LogP contribution in [0.2, 0.25) is 0 Å². The predicted octanol–water partition coefficient (Wildman–Crippen LogP) is 0.389. The van der Waals surface area contributed by atoms with Crippen LogP contribution in [-0.2, 0) is 18.9 Å². The molecule has 14 heavy (non-hydrogen) atoms. The van der Waals surface area contributed by atoms with Crippen LogP contribution in [0.4, 0.5) is 0 Å². The highest BCUT2D eigenvalue weighted by Crippen LogP contribution is 2.39. The largest absolute Gasteiger partial charge is 0.633 e. The number of carbonyl (C=O) groups is 2. The van der Waals surface area contributed by atoms with E-state index in [1.54, 1.807) is 0 Å². The lowest BCUT2D eigenvalue weighted by atomic mass is 9.49. The minimum atomic E-state index is -2.04. The Balaban J connectivity index is 2.29. The van der Waals surface area contributed by atoms with Crippen molar-refractivity contribution >= 4 is 18.5 Å². The number of hydrogen-bond donors (Lipinski definition) is 0. The first-order valence-corrected chi connectivity index (χ1v) is 4.59. The Labute approximate surface area is 81.9 Å². The van der Waals surface area contributed by atoms with E-state index in [-0.39, 0.29) is 24.8 Å². The monoisotopic (exact) mass is 192 g/mol. The number of rotatable bonds is 0. The van der Waals surface area contributed by atoms with E-state index in [0.717, 1.165) is 0 Å². The van der Waals surface area contributed by atoms with Crippen LogP contribution in [0, 0.1) is 17.6 Å². The van der Waals surface area contributed by atoms with Gasteiger partial charge in [-0.3, -0.25) is 9.59 Å². The summed E-state index contributed by atoms with van der Waals surface area (Å²) in [5.41, 5.74) is 0. The summed E-state index contributed by atoms with van der Waals surface area (Å²) in [6.45, 7) is -0.157. The van der Waals surface area contributed by atoms with E-state index in [4.69, 9.17) is 9.31 Å². The zero-order valence-corrected chi connectivity index (χ0v) is 7.83. The van der Waals surface area contributed by atoms with Crippen molar-refractivity contribution < 1.29 is 18.9 Å². The van der Waals surface area contributed by atoms with Gasteiger partial charge in [-0.25, -0.2) is 0 Å². The Kier molecular flexibility index (Phi) is 1.92. The lowest BCUT2D eigenvalue weighted by Gasteiger charge is -2.17. The van der Waals surface area contributed by atoms with Crippen LogP contribution < -0.4 is 0 Å². The summed E-state index contributed by atoms with van der Waals surface area (Å²) in [6.07, 6.45) is 0.986. The summed E-state index contributed by atoms with van der Waals surface area (Å²) in [6, 6.07) is 0. The number of hydrogen-bond acceptors (Lipinski definition) is 4. The summed E-state index contributed by atoms with van der Waals surface area (Å²) in [5.74, 6) is 5.55. The minimum absolute atomic E-state index is 0.171. The van der Waals surface area contributed by atoms with Crippen LogP contribution in [0.1, 0.15) is 26.2 Å². The molecule has 0 bridgehead atoms. The van der Waals surface area contributed by atoms with Crippen LogP contribution in [0.15, 0.2) is 0 Å². The normalized spacial score (nSPS) is 22.2. The molecule has 0 saturated carbocycles. The van der Waals surface area contributed by atoms with E-state index < -0.39 is 6.55 Å². The highest BCUT2D eigenvalue weighted by molar-refractivity contribution is 6.86. The molecule has 2 aliphatic heterocycles. The topological polar surface area (TPSA) is 52.6 Å². The first-order chi connectivity index (χ1) is 6.66. The second-order valence-corrected chi connectivity index (χ2v) is 3.38. The molecule has 2 aliphatic rings. The van der Waals surface area contributed by atoms with Crippen LogP contribution in [-0.4, -0.2) is 18.5 Å². The van der Waals surface area contributed by atoms with Crippen molar-refractivity contribution in [2.24, 2.45) is 0 Å². The van der Waals surface area contributed by atoms with Crippen molar-refractivity contribution in [3.05, 3.63) is 5.82 Å². The smallest absolute Gasteiger partial charge is 0.603 e. The van der Waals surface area contributed by atoms with Crippen LogP contribution >= 0.6 is 0 Å². The highest BCUT2D eigenvalue weighted by Gasteiger charge is 2.64. The maximum atomic E-state index is 11.0. The van der Waals surface area contributed by atoms with Crippen molar-refractivity contribution in [3.8, 4) is 11.7 Å².